The Bertz CT molecular complexity index is 1930. The van der Waals surface area contributed by atoms with Gasteiger partial charge in [-0.3, -0.25) is 14.6 Å². The van der Waals surface area contributed by atoms with Crippen molar-refractivity contribution >= 4 is 35.0 Å². The quantitative estimate of drug-likeness (QED) is 0.283. The van der Waals surface area contributed by atoms with Crippen LogP contribution in [0.15, 0.2) is 84.1 Å². The second-order valence-electron chi connectivity index (χ2n) is 10.5. The summed E-state index contributed by atoms with van der Waals surface area (Å²) in [5, 5.41) is 4.64. The van der Waals surface area contributed by atoms with Gasteiger partial charge in [-0.15, -0.1) is 0 Å². The molecular weight excluding hydrogens is 583 g/mol. The van der Waals surface area contributed by atoms with Gasteiger partial charge >= 0.3 is 0 Å². The summed E-state index contributed by atoms with van der Waals surface area (Å²) in [6, 6.07) is 13.6. The topological polar surface area (TPSA) is 154 Å². The molecule has 4 aromatic heterocycles. The van der Waals surface area contributed by atoms with Gasteiger partial charge in [-0.1, -0.05) is 17.8 Å². The first-order valence-corrected chi connectivity index (χ1v) is 14.7. The molecule has 2 aliphatic heterocycles. The van der Waals surface area contributed by atoms with Crippen LogP contribution < -0.4 is 16.4 Å². The number of halogens is 1. The number of nitrogens with two attached hydrogens (primary N) is 2. The average molecular weight is 611 g/mol. The van der Waals surface area contributed by atoms with E-state index < -0.39 is 5.91 Å². The number of pyridine rings is 1. The SMILES string of the molecule is CC1=C(C(N)=O)SC(c2cccnc2)N1c1cn2nc(-c3c(-c4ccc(F)cc4)ncn3C3CN(C(=O)CN)C3)ccc2n1. The molecule has 1 aromatic carbocycles. The van der Waals surface area contributed by atoms with E-state index >= 15 is 0 Å². The second kappa shape index (κ2) is 10.9. The van der Waals surface area contributed by atoms with E-state index in [4.69, 9.17) is 26.5 Å². The molecule has 1 fully saturated rings. The largest absolute Gasteiger partial charge is 0.365 e. The van der Waals surface area contributed by atoms with Crippen molar-refractivity contribution in [3.05, 3.63) is 95.4 Å². The molecule has 14 heteroatoms. The van der Waals surface area contributed by atoms with Crippen molar-refractivity contribution in [2.24, 2.45) is 11.5 Å². The Hall–Kier alpha value is -5.08. The summed E-state index contributed by atoms with van der Waals surface area (Å²) in [6.45, 7) is 2.79. The summed E-state index contributed by atoms with van der Waals surface area (Å²) >= 11 is 1.36. The number of allylic oxidation sites excluding steroid dienone is 1. The molecule has 0 saturated carbocycles. The number of nitrogens with zero attached hydrogens (tertiary/aromatic N) is 8. The van der Waals surface area contributed by atoms with E-state index in [1.807, 2.05) is 40.7 Å². The number of imidazole rings is 2. The Balaban J connectivity index is 1.30. The van der Waals surface area contributed by atoms with Crippen molar-refractivity contribution in [2.75, 3.05) is 24.5 Å². The minimum Gasteiger partial charge on any atom is -0.365 e. The summed E-state index contributed by atoms with van der Waals surface area (Å²) < 4.78 is 17.5. The number of rotatable bonds is 7. The van der Waals surface area contributed by atoms with Gasteiger partial charge in [-0.05, 0) is 49.4 Å². The molecule has 2 amide bonds. The number of carbonyl (C=O) groups is 2. The zero-order chi connectivity index (χ0) is 30.5. The number of hydrogen-bond acceptors (Lipinski definition) is 9. The molecule has 0 bridgehead atoms. The van der Waals surface area contributed by atoms with Crippen LogP contribution in [0, 0.1) is 5.82 Å². The smallest absolute Gasteiger partial charge is 0.256 e. The van der Waals surface area contributed by atoms with Gasteiger partial charge in [0.25, 0.3) is 5.91 Å². The number of hydrogen-bond donors (Lipinski definition) is 2. The van der Waals surface area contributed by atoms with E-state index in [9.17, 15) is 14.0 Å². The molecule has 1 saturated heterocycles. The fourth-order valence-electron chi connectivity index (χ4n) is 5.59. The number of carbonyl (C=O) groups excluding carboxylic acids is 2. The number of fused-ring (bicyclic) bond motifs is 1. The number of likely N-dealkylation sites (tertiary alicyclic amines) is 1. The lowest BCUT2D eigenvalue weighted by molar-refractivity contribution is -0.135. The monoisotopic (exact) mass is 610 g/mol. The van der Waals surface area contributed by atoms with Gasteiger partial charge in [0.05, 0.1) is 41.4 Å². The molecule has 44 heavy (non-hydrogen) atoms. The highest BCUT2D eigenvalue weighted by atomic mass is 32.2. The Kier molecular flexibility index (Phi) is 6.86. The summed E-state index contributed by atoms with van der Waals surface area (Å²) in [4.78, 5) is 42.3. The Labute approximate surface area is 255 Å². The predicted octanol–water partition coefficient (Wildman–Crippen LogP) is 3.10. The van der Waals surface area contributed by atoms with Crippen LogP contribution in [0.4, 0.5) is 10.2 Å². The van der Waals surface area contributed by atoms with E-state index in [-0.39, 0.29) is 29.7 Å². The molecule has 2 aliphatic rings. The van der Waals surface area contributed by atoms with E-state index in [1.165, 1.54) is 23.9 Å². The van der Waals surface area contributed by atoms with Crippen LogP contribution in [0.2, 0.25) is 0 Å². The fourth-order valence-corrected chi connectivity index (χ4v) is 6.84. The lowest BCUT2D eigenvalue weighted by atomic mass is 10.1. The van der Waals surface area contributed by atoms with Crippen LogP contribution in [0.25, 0.3) is 28.3 Å². The zero-order valence-corrected chi connectivity index (χ0v) is 24.4. The third kappa shape index (κ3) is 4.68. The van der Waals surface area contributed by atoms with Crippen molar-refractivity contribution in [3.63, 3.8) is 0 Å². The summed E-state index contributed by atoms with van der Waals surface area (Å²) in [5.41, 5.74) is 16.2. The maximum atomic E-state index is 13.8. The first-order valence-electron chi connectivity index (χ1n) is 13.9. The first-order chi connectivity index (χ1) is 21.3. The lowest BCUT2D eigenvalue weighted by Gasteiger charge is -2.40. The van der Waals surface area contributed by atoms with Crippen LogP contribution in [0.5, 0.6) is 0 Å². The molecular formula is C30H27FN10O2S. The maximum Gasteiger partial charge on any atom is 0.256 e. The summed E-state index contributed by atoms with van der Waals surface area (Å²) in [7, 11) is 0. The van der Waals surface area contributed by atoms with Crippen LogP contribution in [0.3, 0.4) is 0 Å². The molecule has 1 atom stereocenters. The highest BCUT2D eigenvalue weighted by molar-refractivity contribution is 8.04. The zero-order valence-electron chi connectivity index (χ0n) is 23.5. The molecule has 7 rings (SSSR count). The van der Waals surface area contributed by atoms with Crippen molar-refractivity contribution in [2.45, 2.75) is 18.3 Å². The van der Waals surface area contributed by atoms with Gasteiger partial charge in [-0.2, -0.15) is 5.10 Å². The number of primary amides is 1. The summed E-state index contributed by atoms with van der Waals surface area (Å²) in [6.07, 6.45) is 6.99. The number of benzene rings is 1. The van der Waals surface area contributed by atoms with Gasteiger partial charge in [0.15, 0.2) is 11.5 Å². The molecule has 0 radical (unpaired) electrons. The Morgan fingerprint density at radius 1 is 1.11 bits per heavy atom. The molecule has 4 N–H and O–H groups in total. The lowest BCUT2D eigenvalue weighted by Crippen LogP contribution is -2.52. The molecule has 222 valence electrons. The Morgan fingerprint density at radius 3 is 2.61 bits per heavy atom. The van der Waals surface area contributed by atoms with Crippen LogP contribution in [-0.4, -0.2) is 65.5 Å². The van der Waals surface area contributed by atoms with Crippen molar-refractivity contribution < 1.29 is 14.0 Å². The molecule has 6 heterocycles. The Morgan fingerprint density at radius 2 is 1.91 bits per heavy atom. The van der Waals surface area contributed by atoms with Crippen LogP contribution >= 0.6 is 11.8 Å². The number of thioether (sulfide) groups is 1. The average Bonchev–Trinajstić information content (AvgIpc) is 3.71. The highest BCUT2D eigenvalue weighted by Crippen LogP contribution is 2.49. The van der Waals surface area contributed by atoms with Gasteiger partial charge in [-0.25, -0.2) is 18.9 Å². The van der Waals surface area contributed by atoms with E-state index in [0.29, 0.717) is 46.5 Å². The standard InChI is InChI=1S/C30H27FN10O2S/c1-17-28(29(33)43)44-30(19-3-2-10-34-12-19)41(17)24-15-40-23(36-24)9-8-22(37-40)27-26(18-4-6-20(31)7-5-18)35-16-39(27)21-13-38(14-21)25(42)11-32/h2-10,12,15-16,21,30H,11,13-14,32H2,1H3,(H2,33,43). The third-order valence-corrected chi connectivity index (χ3v) is 9.28. The second-order valence-corrected chi connectivity index (χ2v) is 11.6. The predicted molar refractivity (Wildman–Crippen MR) is 163 cm³/mol. The molecule has 0 aliphatic carbocycles. The minimum absolute atomic E-state index is 0.0279. The number of anilines is 1. The normalized spacial score (nSPS) is 17.0. The van der Waals surface area contributed by atoms with Gasteiger partial charge in [0, 0.05) is 42.3 Å². The maximum absolute atomic E-state index is 13.8. The highest BCUT2D eigenvalue weighted by Gasteiger charge is 2.37. The van der Waals surface area contributed by atoms with E-state index in [0.717, 1.165) is 16.8 Å². The third-order valence-electron chi connectivity index (χ3n) is 7.84. The van der Waals surface area contributed by atoms with Crippen LogP contribution in [-0.2, 0) is 9.59 Å². The van der Waals surface area contributed by atoms with Crippen LogP contribution in [0.1, 0.15) is 23.9 Å². The van der Waals surface area contributed by atoms with Crippen molar-refractivity contribution in [1.29, 1.82) is 0 Å². The molecule has 12 nitrogen and oxygen atoms in total. The summed E-state index contributed by atoms with van der Waals surface area (Å²) in [5.74, 6) is -0.367. The van der Waals surface area contributed by atoms with Gasteiger partial charge in [0.1, 0.15) is 16.9 Å². The van der Waals surface area contributed by atoms with Gasteiger partial charge < -0.3 is 25.8 Å². The minimum atomic E-state index is -0.502. The van der Waals surface area contributed by atoms with Gasteiger partial charge in [0.2, 0.25) is 5.91 Å². The van der Waals surface area contributed by atoms with E-state index in [1.54, 1.807) is 46.5 Å². The number of aromatic nitrogens is 6. The van der Waals surface area contributed by atoms with E-state index in [2.05, 4.69) is 4.98 Å². The first kappa shape index (κ1) is 27.7. The van der Waals surface area contributed by atoms with Crippen molar-refractivity contribution in [3.8, 4) is 22.6 Å². The number of amides is 2. The fraction of sp³-hybridized carbons (Fsp3) is 0.200. The van der Waals surface area contributed by atoms with Crippen molar-refractivity contribution in [1.82, 2.24) is 34.0 Å². The molecule has 5 aromatic rings. The molecule has 1 unspecified atom stereocenters. The molecule has 0 spiro atoms.